The first kappa shape index (κ1) is 20.1. The van der Waals surface area contributed by atoms with Crippen LogP contribution in [-0.4, -0.2) is 41.9 Å². The Labute approximate surface area is 166 Å². The lowest BCUT2D eigenvalue weighted by Gasteiger charge is -2.36. The van der Waals surface area contributed by atoms with Crippen LogP contribution in [0.1, 0.15) is 42.6 Å². The Hall–Kier alpha value is -2.66. The molecule has 0 bridgehead atoms. The van der Waals surface area contributed by atoms with Gasteiger partial charge in [0.25, 0.3) is 5.91 Å². The minimum atomic E-state index is -1.05. The Morgan fingerprint density at radius 1 is 1.18 bits per heavy atom. The van der Waals surface area contributed by atoms with Crippen LogP contribution in [0.3, 0.4) is 0 Å². The number of nitrogens with zero attached hydrogens (tertiary/aromatic N) is 1. The number of hydrogen-bond acceptors (Lipinski definition) is 3. The number of likely N-dealkylation sites (tertiary alicyclic amines) is 1. The quantitative estimate of drug-likeness (QED) is 0.810. The number of rotatable bonds is 6. The Morgan fingerprint density at radius 2 is 1.86 bits per heavy atom. The van der Waals surface area contributed by atoms with E-state index in [2.05, 4.69) is 36.5 Å². The van der Waals surface area contributed by atoms with Gasteiger partial charge in [-0.25, -0.2) is 0 Å². The molecule has 3 rings (SSSR count). The number of amides is 2. The van der Waals surface area contributed by atoms with E-state index in [9.17, 15) is 9.59 Å². The molecular formula is C23H29N3O2. The number of carbonyl (C=O) groups is 2. The average Bonchev–Trinajstić information content (AvgIpc) is 3.06. The molecule has 1 aliphatic heterocycles. The zero-order valence-corrected chi connectivity index (χ0v) is 16.9. The zero-order chi connectivity index (χ0) is 20.3. The molecule has 28 heavy (non-hydrogen) atoms. The average molecular weight is 380 g/mol. The second kappa shape index (κ2) is 8.15. The molecule has 0 aliphatic carbocycles. The highest BCUT2D eigenvalue weighted by Gasteiger charge is 2.51. The van der Waals surface area contributed by atoms with Crippen molar-refractivity contribution in [1.82, 2.24) is 10.2 Å². The second-order valence-electron chi connectivity index (χ2n) is 7.59. The highest BCUT2D eigenvalue weighted by molar-refractivity contribution is 6.04. The van der Waals surface area contributed by atoms with E-state index in [-0.39, 0.29) is 11.9 Å². The SMILES string of the molecule is CCCc1ccc(-c2ccccc2C(=O)N2CC[C@H](NC)[C@@]2(C)C(N)=O)cc1. The molecule has 0 aromatic heterocycles. The fourth-order valence-corrected chi connectivity index (χ4v) is 4.21. The number of hydrogen-bond donors (Lipinski definition) is 2. The Kier molecular flexibility index (Phi) is 5.84. The van der Waals surface area contributed by atoms with Crippen molar-refractivity contribution in [3.05, 3.63) is 59.7 Å². The van der Waals surface area contributed by atoms with Crippen LogP contribution in [0.4, 0.5) is 0 Å². The number of nitrogens with two attached hydrogens (primary N) is 1. The number of benzene rings is 2. The first-order chi connectivity index (χ1) is 13.4. The maximum atomic E-state index is 13.5. The van der Waals surface area contributed by atoms with E-state index < -0.39 is 11.4 Å². The van der Waals surface area contributed by atoms with Gasteiger partial charge in [-0.1, -0.05) is 55.8 Å². The summed E-state index contributed by atoms with van der Waals surface area (Å²) in [5.41, 5.74) is 8.42. The summed E-state index contributed by atoms with van der Waals surface area (Å²) in [5, 5.41) is 3.14. The van der Waals surface area contributed by atoms with Gasteiger partial charge in [0.15, 0.2) is 0 Å². The fourth-order valence-electron chi connectivity index (χ4n) is 4.21. The Balaban J connectivity index is 1.98. The van der Waals surface area contributed by atoms with E-state index in [1.165, 1.54) is 5.56 Å². The Morgan fingerprint density at radius 3 is 2.46 bits per heavy atom. The summed E-state index contributed by atoms with van der Waals surface area (Å²) in [6.07, 6.45) is 2.83. The number of aryl methyl sites for hydroxylation is 1. The number of primary amides is 1. The van der Waals surface area contributed by atoms with Crippen molar-refractivity contribution in [2.75, 3.05) is 13.6 Å². The van der Waals surface area contributed by atoms with Crippen molar-refractivity contribution < 1.29 is 9.59 Å². The molecule has 5 heteroatoms. The normalized spacial score (nSPS) is 21.7. The van der Waals surface area contributed by atoms with E-state index in [1.807, 2.05) is 24.3 Å². The van der Waals surface area contributed by atoms with Crippen molar-refractivity contribution in [1.29, 1.82) is 0 Å². The molecule has 1 fully saturated rings. The van der Waals surface area contributed by atoms with Gasteiger partial charge in [0, 0.05) is 18.2 Å². The maximum absolute atomic E-state index is 13.5. The third-order valence-electron chi connectivity index (χ3n) is 5.93. The molecule has 0 radical (unpaired) electrons. The summed E-state index contributed by atoms with van der Waals surface area (Å²) in [6.45, 7) is 4.41. The number of carbonyl (C=O) groups excluding carboxylic acids is 2. The van der Waals surface area contributed by atoms with Crippen molar-refractivity contribution in [2.45, 2.75) is 44.7 Å². The highest BCUT2D eigenvalue weighted by atomic mass is 16.2. The van der Waals surface area contributed by atoms with Crippen LogP contribution in [0, 0.1) is 0 Å². The van der Waals surface area contributed by atoms with Crippen LogP contribution in [0.5, 0.6) is 0 Å². The van der Waals surface area contributed by atoms with Crippen LogP contribution in [0.25, 0.3) is 11.1 Å². The molecule has 0 unspecified atom stereocenters. The third-order valence-corrected chi connectivity index (χ3v) is 5.93. The molecule has 3 N–H and O–H groups in total. The van der Waals surface area contributed by atoms with Crippen molar-refractivity contribution >= 4 is 11.8 Å². The van der Waals surface area contributed by atoms with Crippen LogP contribution < -0.4 is 11.1 Å². The molecule has 2 aromatic carbocycles. The molecule has 1 saturated heterocycles. The van der Waals surface area contributed by atoms with Gasteiger partial charge in [-0.15, -0.1) is 0 Å². The minimum Gasteiger partial charge on any atom is -0.368 e. The predicted octanol–water partition coefficient (Wildman–Crippen LogP) is 2.98. The molecule has 2 amide bonds. The molecule has 2 atom stereocenters. The van der Waals surface area contributed by atoms with Gasteiger partial charge < -0.3 is 16.0 Å². The molecule has 0 saturated carbocycles. The third kappa shape index (κ3) is 3.42. The standard InChI is InChI=1S/C23H29N3O2/c1-4-7-16-10-12-17(13-11-16)18-8-5-6-9-19(18)21(27)26-15-14-20(25-3)23(26,2)22(24)28/h5-6,8-13,20,25H,4,7,14-15H2,1-3H3,(H2,24,28)/t20-,23-/m0/s1. The number of nitrogens with one attached hydrogen (secondary N) is 1. The molecule has 1 aliphatic rings. The summed E-state index contributed by atoms with van der Waals surface area (Å²) in [4.78, 5) is 27.4. The van der Waals surface area contributed by atoms with E-state index in [0.29, 0.717) is 18.5 Å². The Bertz CT molecular complexity index is 862. The topological polar surface area (TPSA) is 75.4 Å². The van der Waals surface area contributed by atoms with Crippen LogP contribution >= 0.6 is 0 Å². The van der Waals surface area contributed by atoms with E-state index in [4.69, 9.17) is 5.73 Å². The van der Waals surface area contributed by atoms with Crippen molar-refractivity contribution in [2.24, 2.45) is 5.73 Å². The van der Waals surface area contributed by atoms with Crippen LogP contribution in [0.15, 0.2) is 48.5 Å². The summed E-state index contributed by atoms with van der Waals surface area (Å²) in [5.74, 6) is -0.647. The lowest BCUT2D eigenvalue weighted by atomic mass is 9.91. The highest BCUT2D eigenvalue weighted by Crippen LogP contribution is 2.33. The van der Waals surface area contributed by atoms with Gasteiger partial charge >= 0.3 is 0 Å². The van der Waals surface area contributed by atoms with Gasteiger partial charge in [0.05, 0.1) is 0 Å². The molecule has 5 nitrogen and oxygen atoms in total. The molecule has 148 valence electrons. The monoisotopic (exact) mass is 379 g/mol. The van der Waals surface area contributed by atoms with Crippen LogP contribution in [0.2, 0.25) is 0 Å². The van der Waals surface area contributed by atoms with Gasteiger partial charge in [0.1, 0.15) is 5.54 Å². The van der Waals surface area contributed by atoms with Gasteiger partial charge in [-0.05, 0) is 49.6 Å². The maximum Gasteiger partial charge on any atom is 0.255 e. The van der Waals surface area contributed by atoms with Crippen molar-refractivity contribution in [3.8, 4) is 11.1 Å². The molecule has 1 heterocycles. The van der Waals surface area contributed by atoms with Crippen LogP contribution in [-0.2, 0) is 11.2 Å². The zero-order valence-electron chi connectivity index (χ0n) is 16.9. The van der Waals surface area contributed by atoms with E-state index in [1.54, 1.807) is 18.9 Å². The summed E-state index contributed by atoms with van der Waals surface area (Å²) in [7, 11) is 1.80. The molecular weight excluding hydrogens is 350 g/mol. The molecule has 2 aromatic rings. The first-order valence-corrected chi connectivity index (χ1v) is 9.91. The summed E-state index contributed by atoms with van der Waals surface area (Å²) >= 11 is 0. The second-order valence-corrected chi connectivity index (χ2v) is 7.59. The fraction of sp³-hybridized carbons (Fsp3) is 0.391. The molecule has 0 spiro atoms. The van der Waals surface area contributed by atoms with E-state index in [0.717, 1.165) is 24.0 Å². The number of likely N-dealkylation sites (N-methyl/N-ethyl adjacent to an activating group) is 1. The van der Waals surface area contributed by atoms with Gasteiger partial charge in [-0.3, -0.25) is 9.59 Å². The van der Waals surface area contributed by atoms with Crippen molar-refractivity contribution in [3.63, 3.8) is 0 Å². The van der Waals surface area contributed by atoms with E-state index >= 15 is 0 Å². The van der Waals surface area contributed by atoms with Gasteiger partial charge in [-0.2, -0.15) is 0 Å². The predicted molar refractivity (Wildman–Crippen MR) is 112 cm³/mol. The minimum absolute atomic E-state index is 0.158. The largest absolute Gasteiger partial charge is 0.368 e. The summed E-state index contributed by atoms with van der Waals surface area (Å²) < 4.78 is 0. The lowest BCUT2D eigenvalue weighted by molar-refractivity contribution is -0.127. The summed E-state index contributed by atoms with van der Waals surface area (Å²) in [6, 6.07) is 15.8. The smallest absolute Gasteiger partial charge is 0.255 e. The lowest BCUT2D eigenvalue weighted by Crippen LogP contribution is -2.62. The van der Waals surface area contributed by atoms with Gasteiger partial charge in [0.2, 0.25) is 5.91 Å². The first-order valence-electron chi connectivity index (χ1n) is 9.91.